The Kier molecular flexibility index (Phi) is 6.13. The summed E-state index contributed by atoms with van der Waals surface area (Å²) < 4.78 is 11.0. The third kappa shape index (κ3) is 4.01. The van der Waals surface area contributed by atoms with Gasteiger partial charge in [-0.1, -0.05) is 71.7 Å². The summed E-state index contributed by atoms with van der Waals surface area (Å²) in [5, 5.41) is 4.24. The average Bonchev–Trinajstić information content (AvgIpc) is 3.14. The summed E-state index contributed by atoms with van der Waals surface area (Å²) in [7, 11) is 1.33. The number of dihydropyridines is 1. The van der Waals surface area contributed by atoms with Gasteiger partial charge in [0, 0.05) is 38.9 Å². The first kappa shape index (κ1) is 23.2. The number of Topliss-reactive ketones (excluding diaryl/α,β-unsaturated/α-hetero) is 1. The summed E-state index contributed by atoms with van der Waals surface area (Å²) in [6.07, 6.45) is 0. The molecule has 0 aromatic heterocycles. The second-order valence-corrected chi connectivity index (χ2v) is 9.14. The number of halogens is 2. The minimum atomic E-state index is -0.645. The van der Waals surface area contributed by atoms with Crippen LogP contribution in [0.3, 0.4) is 0 Å². The Balaban J connectivity index is 1.55. The average molecular weight is 506 g/mol. The predicted octanol–water partition coefficient (Wildman–Crippen LogP) is 6.31. The van der Waals surface area contributed by atoms with E-state index in [0.717, 1.165) is 11.1 Å². The first-order valence-corrected chi connectivity index (χ1v) is 11.8. The molecule has 1 aliphatic heterocycles. The molecule has 0 saturated carbocycles. The second kappa shape index (κ2) is 9.25. The molecular formula is C28H21Cl2NO4. The van der Waals surface area contributed by atoms with E-state index in [4.69, 9.17) is 32.7 Å². The van der Waals surface area contributed by atoms with Gasteiger partial charge in [0.25, 0.3) is 0 Å². The van der Waals surface area contributed by atoms with Gasteiger partial charge in [-0.2, -0.15) is 0 Å². The van der Waals surface area contributed by atoms with Gasteiger partial charge in [0.2, 0.25) is 0 Å². The lowest BCUT2D eigenvalue weighted by atomic mass is 9.80. The van der Waals surface area contributed by atoms with Crippen LogP contribution in [0.25, 0.3) is 5.70 Å². The number of hydrogen-bond acceptors (Lipinski definition) is 5. The maximum absolute atomic E-state index is 13.5. The molecule has 7 heteroatoms. The third-order valence-electron chi connectivity index (χ3n) is 6.28. The van der Waals surface area contributed by atoms with Crippen molar-refractivity contribution >= 4 is 40.7 Å². The zero-order valence-electron chi connectivity index (χ0n) is 19.0. The van der Waals surface area contributed by atoms with Crippen molar-refractivity contribution in [3.05, 3.63) is 116 Å². The largest absolute Gasteiger partial charge is 0.487 e. The van der Waals surface area contributed by atoms with E-state index in [2.05, 4.69) is 5.32 Å². The van der Waals surface area contributed by atoms with Crippen LogP contribution in [0, 0.1) is 0 Å². The lowest BCUT2D eigenvalue weighted by Gasteiger charge is -2.29. The van der Waals surface area contributed by atoms with Crippen LogP contribution in [-0.4, -0.2) is 18.9 Å². The van der Waals surface area contributed by atoms with Crippen LogP contribution in [0.1, 0.15) is 39.9 Å². The Hall–Kier alpha value is -3.54. The molecule has 2 aliphatic rings. The molecule has 5 nitrogen and oxygen atoms in total. The van der Waals surface area contributed by atoms with Crippen molar-refractivity contribution in [2.75, 3.05) is 7.11 Å². The van der Waals surface area contributed by atoms with E-state index in [1.807, 2.05) is 42.5 Å². The van der Waals surface area contributed by atoms with Gasteiger partial charge in [0.05, 0.1) is 23.4 Å². The molecule has 0 amide bonds. The van der Waals surface area contributed by atoms with E-state index in [1.54, 1.807) is 31.2 Å². The zero-order valence-corrected chi connectivity index (χ0v) is 20.5. The van der Waals surface area contributed by atoms with Gasteiger partial charge in [-0.3, -0.25) is 4.79 Å². The van der Waals surface area contributed by atoms with Gasteiger partial charge in [-0.15, -0.1) is 0 Å². The summed E-state index contributed by atoms with van der Waals surface area (Å²) in [6, 6.07) is 20.1. The summed E-state index contributed by atoms with van der Waals surface area (Å²) in [5.74, 6) is -0.809. The van der Waals surface area contributed by atoms with Crippen LogP contribution in [0.5, 0.6) is 5.75 Å². The van der Waals surface area contributed by atoms with Crippen LogP contribution in [-0.2, 0) is 16.1 Å². The van der Waals surface area contributed by atoms with E-state index in [-0.39, 0.29) is 12.4 Å². The standard InChI is InChI=1S/C28H21Cl2NO4/c1-15-23(28(33)34-2)24(25-26(31-15)18-8-4-5-9-19(18)27(25)32)16-11-12-22(21(30)13-16)35-14-17-7-3-6-10-20(17)29/h3-13,24,31H,14H2,1-2H3. The summed E-state index contributed by atoms with van der Waals surface area (Å²) >= 11 is 12.8. The maximum Gasteiger partial charge on any atom is 0.336 e. The molecule has 3 aromatic carbocycles. The van der Waals surface area contributed by atoms with Crippen molar-refractivity contribution in [1.29, 1.82) is 0 Å². The molecule has 35 heavy (non-hydrogen) atoms. The second-order valence-electron chi connectivity index (χ2n) is 8.32. The number of rotatable bonds is 5. The normalized spacial score (nSPS) is 16.6. The molecule has 176 valence electrons. The highest BCUT2D eigenvalue weighted by molar-refractivity contribution is 6.32. The Labute approximate surface area is 213 Å². The molecule has 3 aromatic rings. The highest BCUT2D eigenvalue weighted by atomic mass is 35.5. The Morgan fingerprint density at radius 2 is 1.69 bits per heavy atom. The van der Waals surface area contributed by atoms with E-state index in [1.165, 1.54) is 7.11 Å². The highest BCUT2D eigenvalue weighted by Crippen LogP contribution is 2.47. The monoisotopic (exact) mass is 505 g/mol. The summed E-state index contributed by atoms with van der Waals surface area (Å²) in [6.45, 7) is 2.05. The number of fused-ring (bicyclic) bond motifs is 2. The molecule has 1 N–H and O–H groups in total. The van der Waals surface area contributed by atoms with Crippen molar-refractivity contribution in [2.24, 2.45) is 0 Å². The fraction of sp³-hybridized carbons (Fsp3) is 0.143. The number of carbonyl (C=O) groups excluding carboxylic acids is 2. The zero-order chi connectivity index (χ0) is 24.7. The molecule has 0 radical (unpaired) electrons. The number of methoxy groups -OCH3 is 1. The van der Waals surface area contributed by atoms with Crippen molar-refractivity contribution < 1.29 is 19.1 Å². The van der Waals surface area contributed by atoms with Gasteiger partial charge in [0.1, 0.15) is 12.4 Å². The smallest absolute Gasteiger partial charge is 0.336 e. The van der Waals surface area contributed by atoms with Crippen LogP contribution in [0.15, 0.2) is 83.6 Å². The number of nitrogens with one attached hydrogen (secondary N) is 1. The van der Waals surface area contributed by atoms with Crippen LogP contribution in [0.4, 0.5) is 0 Å². The SMILES string of the molecule is COC(=O)C1=C(C)NC2=C(C(=O)c3ccccc32)C1c1ccc(OCc2ccccc2Cl)c(Cl)c1. The van der Waals surface area contributed by atoms with E-state index >= 15 is 0 Å². The molecule has 0 saturated heterocycles. The minimum absolute atomic E-state index is 0.128. The van der Waals surface area contributed by atoms with Crippen molar-refractivity contribution in [3.63, 3.8) is 0 Å². The van der Waals surface area contributed by atoms with Crippen LogP contribution >= 0.6 is 23.2 Å². The fourth-order valence-electron chi connectivity index (χ4n) is 4.63. The Morgan fingerprint density at radius 1 is 0.971 bits per heavy atom. The van der Waals surface area contributed by atoms with Gasteiger partial charge in [-0.05, 0) is 30.7 Å². The Bertz CT molecular complexity index is 1440. The van der Waals surface area contributed by atoms with Crippen molar-refractivity contribution in [3.8, 4) is 5.75 Å². The molecular weight excluding hydrogens is 485 g/mol. The van der Waals surface area contributed by atoms with E-state index in [0.29, 0.717) is 49.5 Å². The van der Waals surface area contributed by atoms with Gasteiger partial charge in [-0.25, -0.2) is 4.79 Å². The Morgan fingerprint density at radius 3 is 2.40 bits per heavy atom. The molecule has 1 heterocycles. The van der Waals surface area contributed by atoms with Crippen LogP contribution in [0.2, 0.25) is 10.0 Å². The number of benzene rings is 3. The van der Waals surface area contributed by atoms with Crippen LogP contribution < -0.4 is 10.1 Å². The third-order valence-corrected chi connectivity index (χ3v) is 6.95. The van der Waals surface area contributed by atoms with Gasteiger partial charge in [0.15, 0.2) is 5.78 Å². The first-order chi connectivity index (χ1) is 16.9. The first-order valence-electron chi connectivity index (χ1n) is 11.0. The lowest BCUT2D eigenvalue weighted by molar-refractivity contribution is -0.136. The minimum Gasteiger partial charge on any atom is -0.487 e. The van der Waals surface area contributed by atoms with E-state index < -0.39 is 11.9 Å². The molecule has 1 atom stereocenters. The number of ketones is 1. The quantitative estimate of drug-likeness (QED) is 0.411. The molecule has 0 fully saturated rings. The lowest BCUT2D eigenvalue weighted by Crippen LogP contribution is -2.29. The number of carbonyl (C=O) groups is 2. The number of ether oxygens (including phenoxy) is 2. The topological polar surface area (TPSA) is 64.6 Å². The van der Waals surface area contributed by atoms with Crippen molar-refractivity contribution in [1.82, 2.24) is 5.32 Å². The van der Waals surface area contributed by atoms with Gasteiger partial charge >= 0.3 is 5.97 Å². The number of allylic oxidation sites excluding steroid dienone is 2. The maximum atomic E-state index is 13.5. The van der Waals surface area contributed by atoms with E-state index in [9.17, 15) is 9.59 Å². The molecule has 5 rings (SSSR count). The number of esters is 1. The fourth-order valence-corrected chi connectivity index (χ4v) is 5.06. The molecule has 0 spiro atoms. The van der Waals surface area contributed by atoms with Crippen molar-refractivity contribution in [2.45, 2.75) is 19.4 Å². The molecule has 1 unspecified atom stereocenters. The molecule has 1 aliphatic carbocycles. The number of hydrogen-bond donors (Lipinski definition) is 1. The van der Waals surface area contributed by atoms with Gasteiger partial charge < -0.3 is 14.8 Å². The predicted molar refractivity (Wildman–Crippen MR) is 136 cm³/mol. The molecule has 0 bridgehead atoms. The summed E-state index contributed by atoms with van der Waals surface area (Å²) in [5.41, 5.74) is 5.13. The summed E-state index contributed by atoms with van der Waals surface area (Å²) in [4.78, 5) is 26.3. The highest BCUT2D eigenvalue weighted by Gasteiger charge is 2.42.